The molecular formula is C15H19ClN6O. The first-order valence-corrected chi connectivity index (χ1v) is 7.83. The molecule has 1 saturated heterocycles. The predicted molar refractivity (Wildman–Crippen MR) is 87.7 cm³/mol. The zero-order valence-electron chi connectivity index (χ0n) is 13.4. The fourth-order valence-electron chi connectivity index (χ4n) is 2.90. The Morgan fingerprint density at radius 1 is 1.43 bits per heavy atom. The first-order valence-electron chi connectivity index (χ1n) is 7.45. The number of likely N-dealkylation sites (tertiary alicyclic amines) is 1. The Morgan fingerprint density at radius 2 is 2.22 bits per heavy atom. The normalized spacial score (nSPS) is 17.6. The SMILES string of the molecule is Cc1cn(C)nc1C(=O)N1CCC(N(C)c2cncc(Cl)n2)C1. The van der Waals surface area contributed by atoms with E-state index in [1.807, 2.05) is 37.0 Å². The number of hydrogen-bond donors (Lipinski definition) is 0. The number of likely N-dealkylation sites (N-methyl/N-ethyl adjacent to an activating group) is 1. The Kier molecular flexibility index (Phi) is 4.21. The van der Waals surface area contributed by atoms with Gasteiger partial charge in [-0.2, -0.15) is 5.10 Å². The topological polar surface area (TPSA) is 67.2 Å². The molecule has 0 spiro atoms. The summed E-state index contributed by atoms with van der Waals surface area (Å²) in [5, 5.41) is 4.63. The van der Waals surface area contributed by atoms with Crippen LogP contribution in [0.15, 0.2) is 18.6 Å². The second kappa shape index (κ2) is 6.16. The van der Waals surface area contributed by atoms with Gasteiger partial charge in [-0.25, -0.2) is 4.98 Å². The van der Waals surface area contributed by atoms with Crippen molar-refractivity contribution in [1.82, 2.24) is 24.6 Å². The molecule has 23 heavy (non-hydrogen) atoms. The summed E-state index contributed by atoms with van der Waals surface area (Å²) in [7, 11) is 3.77. The van der Waals surface area contributed by atoms with E-state index in [4.69, 9.17) is 11.6 Å². The maximum absolute atomic E-state index is 12.6. The molecular weight excluding hydrogens is 316 g/mol. The molecule has 3 rings (SSSR count). The van der Waals surface area contributed by atoms with E-state index >= 15 is 0 Å². The molecule has 0 saturated carbocycles. The lowest BCUT2D eigenvalue weighted by Crippen LogP contribution is -2.37. The van der Waals surface area contributed by atoms with E-state index in [1.54, 1.807) is 10.9 Å². The Balaban J connectivity index is 1.71. The molecule has 2 aromatic rings. The molecule has 1 amide bonds. The second-order valence-corrected chi connectivity index (χ2v) is 6.23. The molecule has 1 aliphatic rings. The van der Waals surface area contributed by atoms with Crippen molar-refractivity contribution in [3.8, 4) is 0 Å². The highest BCUT2D eigenvalue weighted by Crippen LogP contribution is 2.22. The third kappa shape index (κ3) is 3.14. The van der Waals surface area contributed by atoms with E-state index in [0.717, 1.165) is 12.0 Å². The molecule has 1 aliphatic heterocycles. The number of nitrogens with zero attached hydrogens (tertiary/aromatic N) is 6. The summed E-state index contributed by atoms with van der Waals surface area (Å²) in [5.41, 5.74) is 1.42. The minimum atomic E-state index is -0.0174. The molecule has 0 aromatic carbocycles. The lowest BCUT2D eigenvalue weighted by molar-refractivity contribution is 0.0783. The van der Waals surface area contributed by atoms with Crippen molar-refractivity contribution < 1.29 is 4.79 Å². The van der Waals surface area contributed by atoms with Gasteiger partial charge in [-0.05, 0) is 13.3 Å². The van der Waals surface area contributed by atoms with Crippen molar-refractivity contribution >= 4 is 23.3 Å². The van der Waals surface area contributed by atoms with Crippen LogP contribution in [0.3, 0.4) is 0 Å². The monoisotopic (exact) mass is 334 g/mol. The molecule has 0 aliphatic carbocycles. The lowest BCUT2D eigenvalue weighted by Gasteiger charge is -2.25. The lowest BCUT2D eigenvalue weighted by atomic mass is 10.2. The van der Waals surface area contributed by atoms with Gasteiger partial charge in [0.1, 0.15) is 11.0 Å². The summed E-state index contributed by atoms with van der Waals surface area (Å²) >= 11 is 5.90. The van der Waals surface area contributed by atoms with Gasteiger partial charge in [-0.3, -0.25) is 14.5 Å². The molecule has 122 valence electrons. The molecule has 1 fully saturated rings. The molecule has 2 aromatic heterocycles. The summed E-state index contributed by atoms with van der Waals surface area (Å²) in [5.74, 6) is 0.696. The second-order valence-electron chi connectivity index (χ2n) is 5.84. The van der Waals surface area contributed by atoms with Gasteiger partial charge < -0.3 is 9.80 Å². The van der Waals surface area contributed by atoms with Gasteiger partial charge in [0.2, 0.25) is 0 Å². The zero-order chi connectivity index (χ0) is 16.6. The summed E-state index contributed by atoms with van der Waals surface area (Å²) in [4.78, 5) is 24.8. The maximum Gasteiger partial charge on any atom is 0.274 e. The number of aryl methyl sites for hydroxylation is 2. The van der Waals surface area contributed by atoms with Crippen molar-refractivity contribution in [2.75, 3.05) is 25.0 Å². The summed E-state index contributed by atoms with van der Waals surface area (Å²) < 4.78 is 1.67. The standard InChI is InChI=1S/C15H19ClN6O/c1-10-8-20(2)19-14(10)15(23)22-5-4-11(9-22)21(3)13-7-17-6-12(16)18-13/h6-8,11H,4-5,9H2,1-3H3. The van der Waals surface area contributed by atoms with Gasteiger partial charge in [0.25, 0.3) is 5.91 Å². The molecule has 1 atom stereocenters. The molecule has 7 nitrogen and oxygen atoms in total. The third-order valence-corrected chi connectivity index (χ3v) is 4.35. The summed E-state index contributed by atoms with van der Waals surface area (Å²) in [6.45, 7) is 3.25. The van der Waals surface area contributed by atoms with Gasteiger partial charge in [0.05, 0.1) is 12.4 Å². The molecule has 0 N–H and O–H groups in total. The maximum atomic E-state index is 12.6. The fourth-order valence-corrected chi connectivity index (χ4v) is 3.04. The highest BCUT2D eigenvalue weighted by atomic mass is 35.5. The summed E-state index contributed by atoms with van der Waals surface area (Å²) in [6.07, 6.45) is 5.92. The molecule has 1 unspecified atom stereocenters. The number of hydrogen-bond acceptors (Lipinski definition) is 5. The van der Waals surface area contributed by atoms with E-state index in [9.17, 15) is 4.79 Å². The first-order chi connectivity index (χ1) is 11.0. The fraction of sp³-hybridized carbons (Fsp3) is 0.467. The van der Waals surface area contributed by atoms with Gasteiger partial charge in [0, 0.05) is 45.0 Å². The van der Waals surface area contributed by atoms with Crippen LogP contribution in [0.2, 0.25) is 5.15 Å². The summed E-state index contributed by atoms with van der Waals surface area (Å²) in [6, 6.07) is 0.190. The predicted octanol–water partition coefficient (Wildman–Crippen LogP) is 1.52. The smallest absolute Gasteiger partial charge is 0.274 e. The molecule has 0 radical (unpaired) electrons. The van der Waals surface area contributed by atoms with E-state index in [-0.39, 0.29) is 11.9 Å². The average Bonchev–Trinajstić information content (AvgIpc) is 3.12. The van der Waals surface area contributed by atoms with E-state index in [0.29, 0.717) is 29.8 Å². The molecule has 0 bridgehead atoms. The number of carbonyl (C=O) groups is 1. The molecule has 8 heteroatoms. The number of aromatic nitrogens is 4. The number of halogens is 1. The van der Waals surface area contributed by atoms with Crippen molar-refractivity contribution in [2.45, 2.75) is 19.4 Å². The van der Waals surface area contributed by atoms with Crippen molar-refractivity contribution in [3.05, 3.63) is 35.0 Å². The zero-order valence-corrected chi connectivity index (χ0v) is 14.2. The Hall–Kier alpha value is -2.15. The van der Waals surface area contributed by atoms with Crippen molar-refractivity contribution in [2.24, 2.45) is 7.05 Å². The Bertz CT molecular complexity index is 731. The molecule has 3 heterocycles. The van der Waals surface area contributed by atoms with Gasteiger partial charge in [0.15, 0.2) is 5.69 Å². The van der Waals surface area contributed by atoms with Crippen LogP contribution in [0, 0.1) is 6.92 Å². The van der Waals surface area contributed by atoms with Crippen molar-refractivity contribution in [1.29, 1.82) is 0 Å². The van der Waals surface area contributed by atoms with Crippen LogP contribution in [-0.4, -0.2) is 56.7 Å². The number of anilines is 1. The van der Waals surface area contributed by atoms with E-state index < -0.39 is 0 Å². The minimum Gasteiger partial charge on any atom is -0.354 e. The van der Waals surface area contributed by atoms with Crippen LogP contribution >= 0.6 is 11.6 Å². The highest BCUT2D eigenvalue weighted by molar-refractivity contribution is 6.29. The Labute approximate surface area is 139 Å². The number of carbonyl (C=O) groups excluding carboxylic acids is 1. The average molecular weight is 335 g/mol. The van der Waals surface area contributed by atoms with Crippen LogP contribution in [0.5, 0.6) is 0 Å². The van der Waals surface area contributed by atoms with Crippen LogP contribution in [0.1, 0.15) is 22.5 Å². The van der Waals surface area contributed by atoms with Gasteiger partial charge in [-0.1, -0.05) is 11.6 Å². The van der Waals surface area contributed by atoms with Crippen LogP contribution in [0.25, 0.3) is 0 Å². The van der Waals surface area contributed by atoms with Crippen LogP contribution in [-0.2, 0) is 7.05 Å². The quantitative estimate of drug-likeness (QED) is 0.851. The number of amides is 1. The van der Waals surface area contributed by atoms with Gasteiger partial charge >= 0.3 is 0 Å². The third-order valence-electron chi connectivity index (χ3n) is 4.17. The minimum absolute atomic E-state index is 0.0174. The van der Waals surface area contributed by atoms with Crippen LogP contribution in [0.4, 0.5) is 5.82 Å². The first kappa shape index (κ1) is 15.7. The van der Waals surface area contributed by atoms with E-state index in [2.05, 4.69) is 15.1 Å². The Morgan fingerprint density at radius 3 is 2.87 bits per heavy atom. The highest BCUT2D eigenvalue weighted by Gasteiger charge is 2.31. The largest absolute Gasteiger partial charge is 0.354 e. The number of rotatable bonds is 3. The van der Waals surface area contributed by atoms with Crippen molar-refractivity contribution in [3.63, 3.8) is 0 Å². The van der Waals surface area contributed by atoms with Gasteiger partial charge in [-0.15, -0.1) is 0 Å². The van der Waals surface area contributed by atoms with E-state index in [1.165, 1.54) is 6.20 Å². The van der Waals surface area contributed by atoms with Crippen LogP contribution < -0.4 is 4.90 Å².